The third-order valence-corrected chi connectivity index (χ3v) is 5.56. The van der Waals surface area contributed by atoms with Crippen LogP contribution in [0.2, 0.25) is 0 Å². The first-order chi connectivity index (χ1) is 16.0. The summed E-state index contributed by atoms with van der Waals surface area (Å²) in [5.74, 6) is 0.265. The minimum Gasteiger partial charge on any atom is -0.462 e. The van der Waals surface area contributed by atoms with Crippen molar-refractivity contribution in [3.05, 3.63) is 77.7 Å². The Balaban J connectivity index is 1.69. The van der Waals surface area contributed by atoms with E-state index < -0.39 is 5.97 Å². The van der Waals surface area contributed by atoms with E-state index in [0.29, 0.717) is 17.0 Å². The van der Waals surface area contributed by atoms with Gasteiger partial charge in [0.2, 0.25) is 0 Å². The van der Waals surface area contributed by atoms with Gasteiger partial charge in [-0.15, -0.1) is 0 Å². The largest absolute Gasteiger partial charge is 0.462 e. The predicted octanol–water partition coefficient (Wildman–Crippen LogP) is 4.71. The van der Waals surface area contributed by atoms with E-state index in [1.165, 1.54) is 0 Å². The number of amides is 1. The molecule has 7 heteroatoms. The molecule has 0 atom stereocenters. The smallest absolute Gasteiger partial charge is 0.340 e. The van der Waals surface area contributed by atoms with Crippen LogP contribution >= 0.6 is 0 Å². The maximum absolute atomic E-state index is 13.2. The van der Waals surface area contributed by atoms with Gasteiger partial charge in [-0.2, -0.15) is 0 Å². The van der Waals surface area contributed by atoms with E-state index in [-0.39, 0.29) is 19.1 Å². The Morgan fingerprint density at radius 3 is 2.48 bits per heavy atom. The highest BCUT2D eigenvalue weighted by Crippen LogP contribution is 2.26. The first-order valence-electron chi connectivity index (χ1n) is 11.2. The van der Waals surface area contributed by atoms with E-state index in [0.717, 1.165) is 35.3 Å². The fourth-order valence-corrected chi connectivity index (χ4v) is 4.01. The third kappa shape index (κ3) is 4.53. The summed E-state index contributed by atoms with van der Waals surface area (Å²) >= 11 is 0. The molecule has 0 bridgehead atoms. The lowest BCUT2D eigenvalue weighted by atomic mass is 10.1. The van der Waals surface area contributed by atoms with E-state index in [1.54, 1.807) is 24.6 Å². The maximum atomic E-state index is 13.2. The van der Waals surface area contributed by atoms with Crippen LogP contribution in [0.25, 0.3) is 22.3 Å². The van der Waals surface area contributed by atoms with Crippen LogP contribution in [-0.4, -0.2) is 32.7 Å². The summed E-state index contributed by atoms with van der Waals surface area (Å²) in [5.41, 5.74) is 7.43. The number of aromatic nitrogens is 3. The molecule has 0 spiro atoms. The molecular formula is C26H28N4O3. The lowest BCUT2D eigenvalue weighted by molar-refractivity contribution is -0.117. The number of benzene rings is 2. The van der Waals surface area contributed by atoms with Crippen LogP contribution in [-0.2, 0) is 22.5 Å². The number of imidazole rings is 1. The van der Waals surface area contributed by atoms with Crippen LogP contribution < -0.4 is 5.43 Å². The summed E-state index contributed by atoms with van der Waals surface area (Å²) < 4.78 is 8.85. The molecule has 0 fully saturated rings. The van der Waals surface area contributed by atoms with Gasteiger partial charge in [-0.3, -0.25) is 14.9 Å². The van der Waals surface area contributed by atoms with Gasteiger partial charge < -0.3 is 9.30 Å². The zero-order chi connectivity index (χ0) is 23.4. The number of para-hydroxylation sites is 2. The molecular weight excluding hydrogens is 416 g/mol. The highest BCUT2D eigenvalue weighted by Gasteiger charge is 2.21. The molecule has 0 saturated carbocycles. The Morgan fingerprint density at radius 2 is 1.76 bits per heavy atom. The molecule has 4 rings (SSSR count). The number of rotatable bonds is 8. The second-order valence-corrected chi connectivity index (χ2v) is 7.84. The van der Waals surface area contributed by atoms with Gasteiger partial charge in [0.1, 0.15) is 12.4 Å². The molecule has 0 aliphatic rings. The molecule has 2 heterocycles. The summed E-state index contributed by atoms with van der Waals surface area (Å²) in [4.78, 5) is 30.4. The van der Waals surface area contributed by atoms with Gasteiger partial charge in [-0.25, -0.2) is 9.78 Å². The van der Waals surface area contributed by atoms with Crippen molar-refractivity contribution in [2.75, 3.05) is 12.0 Å². The van der Waals surface area contributed by atoms with E-state index in [9.17, 15) is 9.59 Å². The standard InChI is InChI=1S/C26H28N4O3/c1-4-11-24-27-21-14-9-10-15-22(21)29(24)17-25(31)28-30-18(3)20(26(32)33-5-2)16-23(30)19-12-7-6-8-13-19/h6-10,12-16H,4-5,11,17H2,1-3H3,(H,28,31). The molecule has 1 N–H and O–H groups in total. The van der Waals surface area contributed by atoms with E-state index >= 15 is 0 Å². The summed E-state index contributed by atoms with van der Waals surface area (Å²) in [6.07, 6.45) is 1.72. The average molecular weight is 445 g/mol. The first-order valence-corrected chi connectivity index (χ1v) is 11.2. The molecule has 0 saturated heterocycles. The molecule has 2 aromatic heterocycles. The lowest BCUT2D eigenvalue weighted by Crippen LogP contribution is -2.29. The maximum Gasteiger partial charge on any atom is 0.340 e. The van der Waals surface area contributed by atoms with Gasteiger partial charge in [0.25, 0.3) is 5.91 Å². The highest BCUT2D eigenvalue weighted by atomic mass is 16.5. The predicted molar refractivity (Wildman–Crippen MR) is 129 cm³/mol. The van der Waals surface area contributed by atoms with E-state index in [1.807, 2.05) is 59.2 Å². The summed E-state index contributed by atoms with van der Waals surface area (Å²) in [6, 6.07) is 19.2. The Bertz CT molecular complexity index is 1290. The van der Waals surface area contributed by atoms with Gasteiger partial charge >= 0.3 is 5.97 Å². The Hall–Kier alpha value is -3.87. The summed E-state index contributed by atoms with van der Waals surface area (Å²) in [5, 5.41) is 0. The zero-order valence-electron chi connectivity index (χ0n) is 19.2. The average Bonchev–Trinajstić information content (AvgIpc) is 3.32. The number of ether oxygens (including phenoxy) is 1. The third-order valence-electron chi connectivity index (χ3n) is 5.56. The molecule has 170 valence electrons. The lowest BCUT2D eigenvalue weighted by Gasteiger charge is -2.15. The van der Waals surface area contributed by atoms with Crippen LogP contribution in [0.5, 0.6) is 0 Å². The number of fused-ring (bicyclic) bond motifs is 1. The number of esters is 1. The van der Waals surface area contributed by atoms with Gasteiger partial charge in [-0.05, 0) is 38.5 Å². The second-order valence-electron chi connectivity index (χ2n) is 7.84. The quantitative estimate of drug-likeness (QED) is 0.399. The molecule has 0 aliphatic heterocycles. The zero-order valence-corrected chi connectivity index (χ0v) is 19.2. The number of hydrogen-bond acceptors (Lipinski definition) is 4. The van der Waals surface area contributed by atoms with Gasteiger partial charge in [0.05, 0.1) is 34.6 Å². The van der Waals surface area contributed by atoms with Crippen molar-refractivity contribution in [3.8, 4) is 11.3 Å². The summed E-state index contributed by atoms with van der Waals surface area (Å²) in [7, 11) is 0. The van der Waals surface area contributed by atoms with Crippen molar-refractivity contribution in [2.24, 2.45) is 0 Å². The van der Waals surface area contributed by atoms with Crippen molar-refractivity contribution in [1.29, 1.82) is 0 Å². The number of carbonyl (C=O) groups excluding carboxylic acids is 2. The molecule has 33 heavy (non-hydrogen) atoms. The van der Waals surface area contributed by atoms with Crippen molar-refractivity contribution in [3.63, 3.8) is 0 Å². The number of nitrogens with one attached hydrogen (secondary N) is 1. The van der Waals surface area contributed by atoms with Gasteiger partial charge in [-0.1, -0.05) is 49.4 Å². The topological polar surface area (TPSA) is 78.2 Å². The van der Waals surface area contributed by atoms with Crippen LogP contribution in [0.3, 0.4) is 0 Å². The van der Waals surface area contributed by atoms with Gasteiger partial charge in [0, 0.05) is 12.0 Å². The second kappa shape index (κ2) is 9.73. The van der Waals surface area contributed by atoms with Crippen LogP contribution in [0.1, 0.15) is 42.1 Å². The minimum absolute atomic E-state index is 0.121. The number of nitrogens with zero attached hydrogens (tertiary/aromatic N) is 3. The molecule has 4 aromatic rings. The molecule has 0 radical (unpaired) electrons. The monoisotopic (exact) mass is 444 g/mol. The summed E-state index contributed by atoms with van der Waals surface area (Å²) in [6.45, 7) is 6.07. The highest BCUT2D eigenvalue weighted by molar-refractivity contribution is 5.94. The Kier molecular flexibility index (Phi) is 6.58. The van der Waals surface area contributed by atoms with Gasteiger partial charge in [0.15, 0.2) is 0 Å². The molecule has 1 amide bonds. The van der Waals surface area contributed by atoms with E-state index in [4.69, 9.17) is 9.72 Å². The first kappa shape index (κ1) is 22.3. The molecule has 7 nitrogen and oxygen atoms in total. The number of aryl methyl sites for hydroxylation is 1. The Labute approximate surface area is 193 Å². The molecule has 0 unspecified atom stereocenters. The number of hydrogen-bond donors (Lipinski definition) is 1. The van der Waals surface area contributed by atoms with Crippen molar-refractivity contribution in [1.82, 2.24) is 14.2 Å². The normalized spacial score (nSPS) is 11.0. The Morgan fingerprint density at radius 1 is 1.03 bits per heavy atom. The molecule has 2 aromatic carbocycles. The van der Waals surface area contributed by atoms with Crippen LogP contribution in [0.15, 0.2) is 60.7 Å². The van der Waals surface area contributed by atoms with Crippen molar-refractivity contribution in [2.45, 2.75) is 40.2 Å². The number of carbonyl (C=O) groups is 2. The fraction of sp³-hybridized carbons (Fsp3) is 0.269. The van der Waals surface area contributed by atoms with E-state index in [2.05, 4.69) is 12.3 Å². The van der Waals surface area contributed by atoms with Crippen LogP contribution in [0, 0.1) is 6.92 Å². The van der Waals surface area contributed by atoms with Crippen molar-refractivity contribution >= 4 is 22.9 Å². The fourth-order valence-electron chi connectivity index (χ4n) is 4.01. The van der Waals surface area contributed by atoms with Crippen LogP contribution in [0.4, 0.5) is 0 Å². The minimum atomic E-state index is -0.411. The van der Waals surface area contributed by atoms with Crippen molar-refractivity contribution < 1.29 is 14.3 Å². The molecule has 0 aliphatic carbocycles. The SMILES string of the molecule is CCCc1nc2ccccc2n1CC(=O)Nn1c(-c2ccccc2)cc(C(=O)OCC)c1C.